The van der Waals surface area contributed by atoms with Gasteiger partial charge in [0.05, 0.1) is 0 Å². The quantitative estimate of drug-likeness (QED) is 0.723. The number of nitrogens with one attached hydrogen (secondary N) is 1. The Morgan fingerprint density at radius 3 is 2.62 bits per heavy atom. The average molecular weight is 210 g/mol. The molecule has 13 heavy (non-hydrogen) atoms. The number of nitrogens with zero attached hydrogens (tertiary/aromatic N) is 1. The molecule has 7 heteroatoms. The highest BCUT2D eigenvalue weighted by atomic mass is 32.1. The van der Waals surface area contributed by atoms with E-state index in [-0.39, 0.29) is 10.5 Å². The van der Waals surface area contributed by atoms with Crippen molar-refractivity contribution in [3.8, 4) is 5.88 Å². The van der Waals surface area contributed by atoms with Crippen molar-refractivity contribution in [1.82, 2.24) is 9.97 Å². The highest BCUT2D eigenvalue weighted by Gasteiger charge is 2.31. The van der Waals surface area contributed by atoms with E-state index >= 15 is 0 Å². The number of H-pyrrole nitrogens is 1. The van der Waals surface area contributed by atoms with E-state index in [0.717, 1.165) is 6.07 Å². The molecule has 1 aromatic rings. The minimum Gasteiger partial charge on any atom is -0.390 e. The van der Waals surface area contributed by atoms with Crippen molar-refractivity contribution in [3.63, 3.8) is 0 Å². The van der Waals surface area contributed by atoms with Gasteiger partial charge < -0.3 is 9.72 Å². The van der Waals surface area contributed by atoms with Gasteiger partial charge in [-0.05, 0) is 6.92 Å². The van der Waals surface area contributed by atoms with Crippen LogP contribution < -0.4 is 4.74 Å². The molecule has 1 rings (SSSR count). The molecule has 0 spiro atoms. The van der Waals surface area contributed by atoms with Crippen LogP contribution in [0.4, 0.5) is 13.2 Å². The van der Waals surface area contributed by atoms with Gasteiger partial charge in [0.1, 0.15) is 10.5 Å². The highest BCUT2D eigenvalue weighted by Crippen LogP contribution is 2.20. The number of halogens is 3. The maximum Gasteiger partial charge on any atom is 0.574 e. The molecule has 0 aromatic carbocycles. The van der Waals surface area contributed by atoms with Crippen LogP contribution in [0.5, 0.6) is 5.88 Å². The van der Waals surface area contributed by atoms with E-state index in [1.54, 1.807) is 0 Å². The lowest BCUT2D eigenvalue weighted by Gasteiger charge is -2.08. The number of aromatic amines is 1. The molecule has 0 radical (unpaired) electrons. The summed E-state index contributed by atoms with van der Waals surface area (Å²) in [5.41, 5.74) is 0. The van der Waals surface area contributed by atoms with Crippen LogP contribution in [-0.2, 0) is 0 Å². The average Bonchev–Trinajstić information content (AvgIpc) is 1.78. The summed E-state index contributed by atoms with van der Waals surface area (Å²) in [4.78, 5) is 5.96. The Morgan fingerprint density at radius 1 is 1.54 bits per heavy atom. The van der Waals surface area contributed by atoms with Crippen molar-refractivity contribution in [3.05, 3.63) is 16.5 Å². The van der Waals surface area contributed by atoms with E-state index in [2.05, 4.69) is 26.9 Å². The lowest BCUT2D eigenvalue weighted by molar-refractivity contribution is -0.276. The topological polar surface area (TPSA) is 37.9 Å². The third kappa shape index (κ3) is 3.41. The maximum atomic E-state index is 11.7. The van der Waals surface area contributed by atoms with E-state index in [4.69, 9.17) is 0 Å². The van der Waals surface area contributed by atoms with Crippen molar-refractivity contribution in [1.29, 1.82) is 0 Å². The molecule has 0 bridgehead atoms. The van der Waals surface area contributed by atoms with Gasteiger partial charge >= 0.3 is 6.36 Å². The molecule has 0 fully saturated rings. The molecule has 3 nitrogen and oxygen atoms in total. The summed E-state index contributed by atoms with van der Waals surface area (Å²) in [5.74, 6) is -0.184. The van der Waals surface area contributed by atoms with E-state index in [0.29, 0.717) is 0 Å². The minimum absolute atomic E-state index is 0.0514. The molecule has 0 amide bonds. The van der Waals surface area contributed by atoms with Crippen molar-refractivity contribution < 1.29 is 17.9 Å². The van der Waals surface area contributed by atoms with Gasteiger partial charge in [0.2, 0.25) is 5.88 Å². The SMILES string of the molecule is Cc1nc(=S)cc(OC(F)(F)F)[nH]1. The first-order chi connectivity index (χ1) is 5.87. The van der Waals surface area contributed by atoms with Crippen LogP contribution in [0, 0.1) is 11.6 Å². The first kappa shape index (κ1) is 9.97. The third-order valence-corrected chi connectivity index (χ3v) is 1.27. The van der Waals surface area contributed by atoms with Gasteiger partial charge in [0, 0.05) is 6.07 Å². The molecule has 0 saturated heterocycles. The van der Waals surface area contributed by atoms with Crippen LogP contribution in [0.3, 0.4) is 0 Å². The van der Waals surface area contributed by atoms with Gasteiger partial charge in [-0.3, -0.25) is 0 Å². The molecule has 1 aromatic heterocycles. The van der Waals surface area contributed by atoms with Crippen LogP contribution >= 0.6 is 12.2 Å². The molecule has 0 aliphatic heterocycles. The van der Waals surface area contributed by atoms with Crippen LogP contribution in [-0.4, -0.2) is 16.3 Å². The van der Waals surface area contributed by atoms with Gasteiger partial charge in [-0.1, -0.05) is 12.2 Å². The number of alkyl halides is 3. The number of hydrogen-bond acceptors (Lipinski definition) is 3. The summed E-state index contributed by atoms with van der Waals surface area (Å²) in [6.07, 6.45) is -4.72. The zero-order valence-electron chi connectivity index (χ0n) is 6.47. The van der Waals surface area contributed by atoms with Crippen molar-refractivity contribution >= 4 is 12.2 Å². The Kier molecular flexibility index (Phi) is 2.55. The summed E-state index contributed by atoms with van der Waals surface area (Å²) in [7, 11) is 0. The summed E-state index contributed by atoms with van der Waals surface area (Å²) >= 11 is 4.60. The molecule has 1 heterocycles. The molecular weight excluding hydrogens is 205 g/mol. The Hall–Kier alpha value is -1.11. The van der Waals surface area contributed by atoms with Crippen molar-refractivity contribution in [2.75, 3.05) is 0 Å². The summed E-state index contributed by atoms with van der Waals surface area (Å²) in [6.45, 7) is 1.49. The number of hydrogen-bond donors (Lipinski definition) is 1. The lowest BCUT2D eigenvalue weighted by Crippen LogP contribution is -2.18. The molecule has 72 valence electrons. The Balaban J connectivity index is 2.96. The molecular formula is C6H5F3N2OS. The first-order valence-electron chi connectivity index (χ1n) is 3.20. The number of aryl methyl sites for hydroxylation is 1. The number of ether oxygens (including phenoxy) is 1. The van der Waals surface area contributed by atoms with Gasteiger partial charge in [-0.25, -0.2) is 4.98 Å². The molecule has 0 atom stereocenters. The van der Waals surface area contributed by atoms with Crippen LogP contribution in [0.15, 0.2) is 6.07 Å². The van der Waals surface area contributed by atoms with Crippen LogP contribution in [0.25, 0.3) is 0 Å². The van der Waals surface area contributed by atoms with Gasteiger partial charge in [-0.2, -0.15) is 0 Å². The Morgan fingerprint density at radius 2 is 2.15 bits per heavy atom. The fourth-order valence-electron chi connectivity index (χ4n) is 0.732. The van der Waals surface area contributed by atoms with Crippen LogP contribution in [0.1, 0.15) is 5.82 Å². The highest BCUT2D eigenvalue weighted by molar-refractivity contribution is 7.71. The molecule has 0 aliphatic carbocycles. The molecule has 1 N–H and O–H groups in total. The standard InChI is InChI=1S/C6H5F3N2OS/c1-3-10-4(2-5(13)11-3)12-6(7,8)9/h2H,1H3,(H,10,11,13). The van der Waals surface area contributed by atoms with E-state index in [1.807, 2.05) is 0 Å². The second-order valence-corrected chi connectivity index (χ2v) is 2.64. The third-order valence-electron chi connectivity index (χ3n) is 1.06. The molecule has 0 aliphatic rings. The maximum absolute atomic E-state index is 11.7. The fraction of sp³-hybridized carbons (Fsp3) is 0.333. The Labute approximate surface area is 76.6 Å². The van der Waals surface area contributed by atoms with Crippen molar-refractivity contribution in [2.45, 2.75) is 13.3 Å². The monoisotopic (exact) mass is 210 g/mol. The second-order valence-electron chi connectivity index (χ2n) is 2.22. The fourth-order valence-corrected chi connectivity index (χ4v) is 0.976. The Bertz CT molecular complexity index is 360. The predicted octanol–water partition coefficient (Wildman–Crippen LogP) is 2.35. The number of rotatable bonds is 1. The zero-order valence-corrected chi connectivity index (χ0v) is 7.29. The van der Waals surface area contributed by atoms with Gasteiger partial charge in [-0.15, -0.1) is 13.2 Å². The molecule has 0 saturated carbocycles. The van der Waals surface area contributed by atoms with E-state index < -0.39 is 12.2 Å². The first-order valence-corrected chi connectivity index (χ1v) is 3.61. The van der Waals surface area contributed by atoms with Gasteiger partial charge in [0.25, 0.3) is 0 Å². The minimum atomic E-state index is -4.72. The summed E-state index contributed by atoms with van der Waals surface area (Å²) < 4.78 is 38.8. The lowest BCUT2D eigenvalue weighted by atomic mass is 10.6. The van der Waals surface area contributed by atoms with Gasteiger partial charge in [0.15, 0.2) is 0 Å². The predicted molar refractivity (Wildman–Crippen MR) is 40.8 cm³/mol. The van der Waals surface area contributed by atoms with Crippen LogP contribution in [0.2, 0.25) is 0 Å². The van der Waals surface area contributed by atoms with E-state index in [9.17, 15) is 13.2 Å². The second kappa shape index (κ2) is 3.33. The summed E-state index contributed by atoms with van der Waals surface area (Å²) in [5, 5.41) is 0. The van der Waals surface area contributed by atoms with E-state index in [1.165, 1.54) is 6.92 Å². The normalized spacial score (nSPS) is 11.4. The van der Waals surface area contributed by atoms with Crippen molar-refractivity contribution in [2.24, 2.45) is 0 Å². The smallest absolute Gasteiger partial charge is 0.390 e. The molecule has 0 unspecified atom stereocenters. The largest absolute Gasteiger partial charge is 0.574 e. The zero-order chi connectivity index (χ0) is 10.1. The number of aromatic nitrogens is 2. The summed E-state index contributed by atoms with van der Waals surface area (Å²) in [6, 6.07) is 0.996.